The second-order valence-corrected chi connectivity index (χ2v) is 6.72. The highest BCUT2D eigenvalue weighted by Crippen LogP contribution is 2.19. The predicted molar refractivity (Wildman–Crippen MR) is 116 cm³/mol. The fourth-order valence-corrected chi connectivity index (χ4v) is 3.32. The van der Waals surface area contributed by atoms with E-state index in [1.807, 2.05) is 13.1 Å². The average Bonchev–Trinajstić information content (AvgIpc) is 2.58. The SMILES string of the molecule is CN=C(NCCc1cc(C)ccc1OC)NCC1CCCN(C)C1.I. The number of nitrogens with one attached hydrogen (secondary N) is 2. The molecule has 0 aliphatic carbocycles. The van der Waals surface area contributed by atoms with E-state index in [9.17, 15) is 0 Å². The Hall–Kier alpha value is -1.02. The number of aryl methyl sites for hydroxylation is 1. The molecule has 0 radical (unpaired) electrons. The summed E-state index contributed by atoms with van der Waals surface area (Å²) in [5.74, 6) is 2.55. The zero-order valence-electron chi connectivity index (χ0n) is 16.0. The number of guanidine groups is 1. The van der Waals surface area contributed by atoms with Crippen molar-refractivity contribution < 1.29 is 4.74 Å². The third-order valence-electron chi connectivity index (χ3n) is 4.63. The first-order valence-electron chi connectivity index (χ1n) is 8.89. The Kier molecular flexibility index (Phi) is 10.2. The Morgan fingerprint density at radius 1 is 1.36 bits per heavy atom. The molecule has 1 atom stereocenters. The summed E-state index contributed by atoms with van der Waals surface area (Å²) < 4.78 is 5.44. The fraction of sp³-hybridized carbons (Fsp3) is 0.632. The standard InChI is InChI=1S/C19H32N4O.HI/c1-15-7-8-18(24-4)17(12-15)9-10-21-19(20-2)22-13-16-6-5-11-23(3)14-16;/h7-8,12,16H,5-6,9-11,13-14H2,1-4H3,(H2,20,21,22);1H. The molecule has 1 heterocycles. The highest BCUT2D eigenvalue weighted by Gasteiger charge is 2.17. The molecule has 0 amide bonds. The Morgan fingerprint density at radius 3 is 2.84 bits per heavy atom. The Balaban J connectivity index is 0.00000312. The van der Waals surface area contributed by atoms with E-state index in [0.29, 0.717) is 5.92 Å². The van der Waals surface area contributed by atoms with E-state index in [1.165, 1.54) is 37.1 Å². The molecule has 0 spiro atoms. The van der Waals surface area contributed by atoms with Gasteiger partial charge in [-0.3, -0.25) is 4.99 Å². The first kappa shape index (κ1) is 22.0. The van der Waals surface area contributed by atoms with Gasteiger partial charge in [0.2, 0.25) is 0 Å². The first-order valence-corrected chi connectivity index (χ1v) is 8.89. The molecule has 1 aliphatic heterocycles. The number of hydrogen-bond donors (Lipinski definition) is 2. The summed E-state index contributed by atoms with van der Waals surface area (Å²) in [6, 6.07) is 6.31. The highest BCUT2D eigenvalue weighted by molar-refractivity contribution is 14.0. The van der Waals surface area contributed by atoms with Crippen LogP contribution in [0.15, 0.2) is 23.2 Å². The molecule has 1 aliphatic rings. The fourth-order valence-electron chi connectivity index (χ4n) is 3.32. The lowest BCUT2D eigenvalue weighted by Gasteiger charge is -2.30. The molecule has 6 heteroatoms. The minimum atomic E-state index is 0. The van der Waals surface area contributed by atoms with Crippen LogP contribution < -0.4 is 15.4 Å². The van der Waals surface area contributed by atoms with Gasteiger partial charge >= 0.3 is 0 Å². The largest absolute Gasteiger partial charge is 0.496 e. The number of halogens is 1. The number of piperidine rings is 1. The zero-order valence-corrected chi connectivity index (χ0v) is 18.3. The van der Waals surface area contributed by atoms with Gasteiger partial charge in [0.15, 0.2) is 5.96 Å². The summed E-state index contributed by atoms with van der Waals surface area (Å²) in [5.41, 5.74) is 2.49. The van der Waals surface area contributed by atoms with Crippen molar-refractivity contribution in [1.29, 1.82) is 0 Å². The molecule has 1 saturated heterocycles. The third-order valence-corrected chi connectivity index (χ3v) is 4.63. The normalized spacial score (nSPS) is 18.4. The lowest BCUT2D eigenvalue weighted by molar-refractivity contribution is 0.210. The molecule has 2 N–H and O–H groups in total. The average molecular weight is 460 g/mol. The number of likely N-dealkylation sites (tertiary alicyclic amines) is 1. The van der Waals surface area contributed by atoms with Gasteiger partial charge in [-0.15, -0.1) is 24.0 Å². The van der Waals surface area contributed by atoms with Gasteiger partial charge in [0.1, 0.15) is 5.75 Å². The molecular weight excluding hydrogens is 427 g/mol. The Bertz CT molecular complexity index is 550. The summed E-state index contributed by atoms with van der Waals surface area (Å²) >= 11 is 0. The number of hydrogen-bond acceptors (Lipinski definition) is 3. The summed E-state index contributed by atoms with van der Waals surface area (Å²) in [4.78, 5) is 6.75. The molecular formula is C19H33IN4O. The zero-order chi connectivity index (χ0) is 17.4. The van der Waals surface area contributed by atoms with Gasteiger partial charge in [0, 0.05) is 26.7 Å². The van der Waals surface area contributed by atoms with Crippen LogP contribution in [0, 0.1) is 12.8 Å². The number of methoxy groups -OCH3 is 1. The van der Waals surface area contributed by atoms with E-state index < -0.39 is 0 Å². The van der Waals surface area contributed by atoms with Crippen LogP contribution >= 0.6 is 24.0 Å². The molecule has 1 aromatic carbocycles. The van der Waals surface area contributed by atoms with E-state index in [2.05, 4.69) is 46.6 Å². The molecule has 5 nitrogen and oxygen atoms in total. The minimum absolute atomic E-state index is 0. The molecule has 142 valence electrons. The molecule has 1 unspecified atom stereocenters. The smallest absolute Gasteiger partial charge is 0.190 e. The van der Waals surface area contributed by atoms with Crippen molar-refractivity contribution in [2.75, 3.05) is 47.4 Å². The van der Waals surface area contributed by atoms with Crippen LogP contribution in [0.4, 0.5) is 0 Å². The van der Waals surface area contributed by atoms with Crippen molar-refractivity contribution in [1.82, 2.24) is 15.5 Å². The maximum absolute atomic E-state index is 5.44. The van der Waals surface area contributed by atoms with Crippen molar-refractivity contribution in [2.45, 2.75) is 26.2 Å². The van der Waals surface area contributed by atoms with Crippen molar-refractivity contribution in [3.05, 3.63) is 29.3 Å². The molecule has 0 saturated carbocycles. The number of benzene rings is 1. The Labute approximate surface area is 169 Å². The van der Waals surface area contributed by atoms with Crippen LogP contribution in [-0.2, 0) is 6.42 Å². The Morgan fingerprint density at radius 2 is 2.16 bits per heavy atom. The van der Waals surface area contributed by atoms with Crippen molar-refractivity contribution in [2.24, 2.45) is 10.9 Å². The lowest BCUT2D eigenvalue weighted by Crippen LogP contribution is -2.44. The molecule has 0 bridgehead atoms. The van der Waals surface area contributed by atoms with Crippen LogP contribution in [0.5, 0.6) is 5.75 Å². The maximum Gasteiger partial charge on any atom is 0.190 e. The van der Waals surface area contributed by atoms with E-state index in [0.717, 1.165) is 31.2 Å². The van der Waals surface area contributed by atoms with Crippen LogP contribution in [0.3, 0.4) is 0 Å². The van der Waals surface area contributed by atoms with E-state index in [1.54, 1.807) is 7.11 Å². The topological polar surface area (TPSA) is 48.9 Å². The van der Waals surface area contributed by atoms with Gasteiger partial charge in [0.25, 0.3) is 0 Å². The van der Waals surface area contributed by atoms with E-state index in [4.69, 9.17) is 4.74 Å². The minimum Gasteiger partial charge on any atom is -0.496 e. The summed E-state index contributed by atoms with van der Waals surface area (Å²) in [6.07, 6.45) is 3.51. The van der Waals surface area contributed by atoms with E-state index in [-0.39, 0.29) is 24.0 Å². The van der Waals surface area contributed by atoms with Crippen molar-refractivity contribution >= 4 is 29.9 Å². The summed E-state index contributed by atoms with van der Waals surface area (Å²) in [5, 5.41) is 6.88. The quantitative estimate of drug-likeness (QED) is 0.390. The summed E-state index contributed by atoms with van der Waals surface area (Å²) in [7, 11) is 5.76. The number of aliphatic imine (C=N–C) groups is 1. The van der Waals surface area contributed by atoms with Crippen LogP contribution in [-0.4, -0.2) is 58.2 Å². The van der Waals surface area contributed by atoms with Crippen LogP contribution in [0.25, 0.3) is 0 Å². The predicted octanol–water partition coefficient (Wildman–Crippen LogP) is 2.67. The highest BCUT2D eigenvalue weighted by atomic mass is 127. The van der Waals surface area contributed by atoms with Crippen molar-refractivity contribution in [3.63, 3.8) is 0 Å². The second kappa shape index (κ2) is 11.6. The lowest BCUT2D eigenvalue weighted by atomic mass is 9.99. The molecule has 1 aromatic rings. The number of nitrogens with zero attached hydrogens (tertiary/aromatic N) is 2. The van der Waals surface area contributed by atoms with Gasteiger partial charge < -0.3 is 20.3 Å². The molecule has 1 fully saturated rings. The molecule has 25 heavy (non-hydrogen) atoms. The first-order chi connectivity index (χ1) is 11.6. The van der Waals surface area contributed by atoms with Gasteiger partial charge in [-0.1, -0.05) is 17.7 Å². The third kappa shape index (κ3) is 7.40. The van der Waals surface area contributed by atoms with Gasteiger partial charge in [-0.25, -0.2) is 0 Å². The van der Waals surface area contributed by atoms with Gasteiger partial charge in [-0.05, 0) is 57.3 Å². The molecule has 2 rings (SSSR count). The maximum atomic E-state index is 5.44. The van der Waals surface area contributed by atoms with Crippen LogP contribution in [0.1, 0.15) is 24.0 Å². The van der Waals surface area contributed by atoms with Crippen molar-refractivity contribution in [3.8, 4) is 5.75 Å². The second-order valence-electron chi connectivity index (χ2n) is 6.72. The van der Waals surface area contributed by atoms with Gasteiger partial charge in [-0.2, -0.15) is 0 Å². The molecule has 0 aromatic heterocycles. The van der Waals surface area contributed by atoms with Crippen LogP contribution in [0.2, 0.25) is 0 Å². The number of rotatable bonds is 6. The van der Waals surface area contributed by atoms with E-state index >= 15 is 0 Å². The van der Waals surface area contributed by atoms with Gasteiger partial charge in [0.05, 0.1) is 7.11 Å². The monoisotopic (exact) mass is 460 g/mol. The summed E-state index contributed by atoms with van der Waals surface area (Å²) in [6.45, 7) is 6.33. The number of ether oxygens (including phenoxy) is 1.